The Morgan fingerprint density at radius 2 is 1.71 bits per heavy atom. The third kappa shape index (κ3) is 5.44. The lowest BCUT2D eigenvalue weighted by Crippen LogP contribution is -2.13. The second-order valence-corrected chi connectivity index (χ2v) is 5.97. The minimum atomic E-state index is 0.0388. The number of hydrogen-bond donors (Lipinski definition) is 2. The molecule has 144 valence electrons. The van der Waals surface area contributed by atoms with Crippen molar-refractivity contribution in [3.05, 3.63) is 66.4 Å². The molecule has 1 aromatic heterocycles. The second-order valence-electron chi connectivity index (χ2n) is 5.97. The molecule has 0 aliphatic carbocycles. The minimum absolute atomic E-state index is 0.0388. The molecule has 0 radical (unpaired) electrons. The van der Waals surface area contributed by atoms with Crippen LogP contribution in [0.4, 0.5) is 17.5 Å². The Hall–Kier alpha value is -3.61. The lowest BCUT2D eigenvalue weighted by Gasteiger charge is -2.10. The van der Waals surface area contributed by atoms with E-state index in [4.69, 9.17) is 9.47 Å². The molecular weight excluding hydrogens is 356 g/mol. The summed E-state index contributed by atoms with van der Waals surface area (Å²) in [5.74, 6) is 2.76. The summed E-state index contributed by atoms with van der Waals surface area (Å²) in [4.78, 5) is 20.0. The number of ether oxygens (including phenoxy) is 2. The maximum Gasteiger partial charge on any atom is 0.224 e. The van der Waals surface area contributed by atoms with Crippen LogP contribution in [0, 0.1) is 0 Å². The monoisotopic (exact) mass is 378 g/mol. The van der Waals surface area contributed by atoms with Gasteiger partial charge in [0.05, 0.1) is 13.7 Å². The van der Waals surface area contributed by atoms with E-state index in [1.54, 1.807) is 38.4 Å². The first-order chi connectivity index (χ1) is 13.6. The average Bonchev–Trinajstić information content (AvgIpc) is 2.72. The molecule has 0 unspecified atom stereocenters. The van der Waals surface area contributed by atoms with Gasteiger partial charge in [-0.1, -0.05) is 0 Å². The highest BCUT2D eigenvalue weighted by Crippen LogP contribution is 2.18. The van der Waals surface area contributed by atoms with Crippen LogP contribution in [-0.2, 0) is 0 Å². The van der Waals surface area contributed by atoms with E-state index in [1.165, 1.54) is 0 Å². The van der Waals surface area contributed by atoms with E-state index in [2.05, 4.69) is 20.6 Å². The van der Waals surface area contributed by atoms with E-state index in [0.29, 0.717) is 30.5 Å². The van der Waals surface area contributed by atoms with Gasteiger partial charge < -0.3 is 20.1 Å². The van der Waals surface area contributed by atoms with Gasteiger partial charge in [-0.25, -0.2) is 4.98 Å². The Labute approximate surface area is 163 Å². The molecule has 0 saturated carbocycles. The molecule has 0 aliphatic heterocycles. The first-order valence-corrected chi connectivity index (χ1v) is 8.86. The Kier molecular flexibility index (Phi) is 6.41. The van der Waals surface area contributed by atoms with E-state index in [1.807, 2.05) is 36.4 Å². The molecule has 0 amide bonds. The van der Waals surface area contributed by atoms with Crippen LogP contribution in [0.3, 0.4) is 0 Å². The summed E-state index contributed by atoms with van der Waals surface area (Å²) in [6.45, 7) is 2.58. The Morgan fingerprint density at radius 1 is 1.00 bits per heavy atom. The molecule has 0 atom stereocenters. The molecule has 0 spiro atoms. The van der Waals surface area contributed by atoms with Crippen LogP contribution in [0.1, 0.15) is 17.3 Å². The number of methoxy groups -OCH3 is 1. The maximum absolute atomic E-state index is 11.3. The first kappa shape index (κ1) is 19.2. The average molecular weight is 378 g/mol. The van der Waals surface area contributed by atoms with E-state index in [-0.39, 0.29) is 5.78 Å². The summed E-state index contributed by atoms with van der Waals surface area (Å²) in [5, 5.41) is 6.32. The zero-order valence-corrected chi connectivity index (χ0v) is 15.8. The van der Waals surface area contributed by atoms with Gasteiger partial charge >= 0.3 is 0 Å². The number of nitrogens with one attached hydrogen (secondary N) is 2. The van der Waals surface area contributed by atoms with Crippen LogP contribution < -0.4 is 20.1 Å². The molecule has 7 heteroatoms. The van der Waals surface area contributed by atoms with Gasteiger partial charge in [0.25, 0.3) is 0 Å². The number of Topliss-reactive ketones (excluding diaryl/α,β-unsaturated/α-hetero) is 1. The van der Waals surface area contributed by atoms with Crippen molar-refractivity contribution in [1.29, 1.82) is 0 Å². The molecule has 2 N–H and O–H groups in total. The largest absolute Gasteiger partial charge is 0.497 e. The van der Waals surface area contributed by atoms with Gasteiger partial charge in [-0.3, -0.25) is 4.79 Å². The van der Waals surface area contributed by atoms with Gasteiger partial charge in [0.2, 0.25) is 5.95 Å². The predicted octanol–water partition coefficient (Wildman–Crippen LogP) is 3.92. The predicted molar refractivity (Wildman–Crippen MR) is 109 cm³/mol. The number of aromatic nitrogens is 2. The zero-order chi connectivity index (χ0) is 19.8. The highest BCUT2D eigenvalue weighted by molar-refractivity contribution is 5.94. The molecule has 0 aliphatic rings. The van der Waals surface area contributed by atoms with Gasteiger partial charge in [-0.05, 0) is 61.5 Å². The Morgan fingerprint density at radius 3 is 2.39 bits per heavy atom. The third-order valence-electron chi connectivity index (χ3n) is 3.93. The van der Waals surface area contributed by atoms with Crippen molar-refractivity contribution in [2.24, 2.45) is 0 Å². The minimum Gasteiger partial charge on any atom is -0.497 e. The van der Waals surface area contributed by atoms with Crippen LogP contribution in [0.25, 0.3) is 0 Å². The van der Waals surface area contributed by atoms with Crippen LogP contribution in [0.5, 0.6) is 11.5 Å². The summed E-state index contributed by atoms with van der Waals surface area (Å²) >= 11 is 0. The number of benzene rings is 2. The lowest BCUT2D eigenvalue weighted by atomic mass is 10.1. The number of rotatable bonds is 9. The van der Waals surface area contributed by atoms with Gasteiger partial charge in [0.1, 0.15) is 23.9 Å². The van der Waals surface area contributed by atoms with Crippen LogP contribution in [0.2, 0.25) is 0 Å². The van der Waals surface area contributed by atoms with E-state index in [0.717, 1.165) is 17.2 Å². The smallest absolute Gasteiger partial charge is 0.224 e. The van der Waals surface area contributed by atoms with Gasteiger partial charge in [0, 0.05) is 17.4 Å². The number of ketones is 1. The topological polar surface area (TPSA) is 85.4 Å². The molecule has 3 aromatic rings. The Bertz CT molecular complexity index is 912. The molecule has 2 aromatic carbocycles. The van der Waals surface area contributed by atoms with E-state index >= 15 is 0 Å². The van der Waals surface area contributed by atoms with Gasteiger partial charge in [0.15, 0.2) is 5.78 Å². The molecule has 7 nitrogen and oxygen atoms in total. The number of anilines is 3. The van der Waals surface area contributed by atoms with E-state index < -0.39 is 0 Å². The molecule has 28 heavy (non-hydrogen) atoms. The SMILES string of the molecule is COc1ccc(OCCNc2nccc(Nc3ccc(C(C)=O)cc3)n2)cc1. The fourth-order valence-corrected chi connectivity index (χ4v) is 2.45. The van der Waals surface area contributed by atoms with Crippen molar-refractivity contribution >= 4 is 23.2 Å². The highest BCUT2D eigenvalue weighted by Gasteiger charge is 2.02. The quantitative estimate of drug-likeness (QED) is 0.431. The highest BCUT2D eigenvalue weighted by atomic mass is 16.5. The van der Waals surface area contributed by atoms with Crippen molar-refractivity contribution in [1.82, 2.24) is 9.97 Å². The Balaban J connectivity index is 1.49. The molecule has 1 heterocycles. The van der Waals surface area contributed by atoms with Crippen molar-refractivity contribution in [2.45, 2.75) is 6.92 Å². The van der Waals surface area contributed by atoms with Crippen molar-refractivity contribution in [3.63, 3.8) is 0 Å². The summed E-state index contributed by atoms with van der Waals surface area (Å²) in [5.41, 5.74) is 1.52. The van der Waals surface area contributed by atoms with Crippen molar-refractivity contribution < 1.29 is 14.3 Å². The van der Waals surface area contributed by atoms with Gasteiger partial charge in [-0.15, -0.1) is 0 Å². The van der Waals surface area contributed by atoms with E-state index in [9.17, 15) is 4.79 Å². The van der Waals surface area contributed by atoms with Crippen LogP contribution >= 0.6 is 0 Å². The summed E-state index contributed by atoms with van der Waals surface area (Å²) in [7, 11) is 1.63. The molecule has 0 fully saturated rings. The molecule has 3 rings (SSSR count). The summed E-state index contributed by atoms with van der Waals surface area (Å²) in [6.07, 6.45) is 1.67. The molecule has 0 bridgehead atoms. The fourth-order valence-electron chi connectivity index (χ4n) is 2.45. The van der Waals surface area contributed by atoms with Crippen LogP contribution in [-0.4, -0.2) is 36.0 Å². The third-order valence-corrected chi connectivity index (χ3v) is 3.93. The molecule has 0 saturated heterocycles. The van der Waals surface area contributed by atoms with Crippen molar-refractivity contribution in [3.8, 4) is 11.5 Å². The van der Waals surface area contributed by atoms with Gasteiger partial charge in [-0.2, -0.15) is 4.98 Å². The summed E-state index contributed by atoms with van der Waals surface area (Å²) in [6, 6.07) is 16.4. The number of carbonyl (C=O) groups is 1. The number of nitrogens with zero attached hydrogens (tertiary/aromatic N) is 2. The fraction of sp³-hybridized carbons (Fsp3) is 0.190. The maximum atomic E-state index is 11.3. The summed E-state index contributed by atoms with van der Waals surface area (Å²) < 4.78 is 10.8. The standard InChI is InChI=1S/C21H22N4O3/c1-15(26)16-3-5-17(6-4-16)24-20-11-12-22-21(25-20)23-13-14-28-19-9-7-18(27-2)8-10-19/h3-12H,13-14H2,1-2H3,(H2,22,23,24,25). The molecular formula is C21H22N4O3. The lowest BCUT2D eigenvalue weighted by molar-refractivity contribution is 0.101. The zero-order valence-electron chi connectivity index (χ0n) is 15.8. The normalized spacial score (nSPS) is 10.2. The number of carbonyl (C=O) groups excluding carboxylic acids is 1. The van der Waals surface area contributed by atoms with Crippen LogP contribution in [0.15, 0.2) is 60.8 Å². The first-order valence-electron chi connectivity index (χ1n) is 8.86. The van der Waals surface area contributed by atoms with Crippen molar-refractivity contribution in [2.75, 3.05) is 30.9 Å². The number of hydrogen-bond acceptors (Lipinski definition) is 7. The second kappa shape index (κ2) is 9.36.